The zero-order valence-electron chi connectivity index (χ0n) is 12.1. The van der Waals surface area contributed by atoms with E-state index in [1.54, 1.807) is 0 Å². The van der Waals surface area contributed by atoms with Crippen molar-refractivity contribution in [2.24, 2.45) is 5.41 Å². The molecule has 1 aromatic carbocycles. The van der Waals surface area contributed by atoms with Gasteiger partial charge in [-0.3, -0.25) is 4.79 Å². The molecule has 0 aliphatic heterocycles. The fraction of sp³-hybridized carbons (Fsp3) is 0.562. The minimum Gasteiger partial charge on any atom is -0.355 e. The minimum absolute atomic E-state index is 0.109. The predicted octanol–water partition coefficient (Wildman–Crippen LogP) is 3.86. The molecule has 0 aliphatic rings. The summed E-state index contributed by atoms with van der Waals surface area (Å²) in [5, 5.41) is 4.00. The first-order valence-corrected chi connectivity index (χ1v) is 8.05. The molecule has 19 heavy (non-hydrogen) atoms. The van der Waals surface area contributed by atoms with Gasteiger partial charge in [-0.2, -0.15) is 0 Å². The number of nitrogens with one attached hydrogen (secondary N) is 1. The standard InChI is InChI=1S/C16H24BrNO/c1-4-16(5-2,11-17)12-18-15(19)10-14-8-6-7-13(3)9-14/h6-9H,4-5,10-12H2,1-3H3,(H,18,19). The van der Waals surface area contributed by atoms with E-state index in [9.17, 15) is 4.79 Å². The molecule has 0 aliphatic carbocycles. The molecule has 0 bridgehead atoms. The number of rotatable bonds is 7. The molecule has 0 saturated heterocycles. The van der Waals surface area contributed by atoms with Crippen LogP contribution in [0.4, 0.5) is 0 Å². The highest BCUT2D eigenvalue weighted by atomic mass is 79.9. The Balaban J connectivity index is 2.52. The molecular formula is C16H24BrNO. The first-order chi connectivity index (χ1) is 9.05. The molecule has 0 aromatic heterocycles. The van der Waals surface area contributed by atoms with Crippen molar-refractivity contribution in [1.29, 1.82) is 0 Å². The fourth-order valence-electron chi connectivity index (χ4n) is 2.09. The van der Waals surface area contributed by atoms with Crippen molar-refractivity contribution < 1.29 is 4.79 Å². The van der Waals surface area contributed by atoms with Crippen LogP contribution in [0.2, 0.25) is 0 Å². The Kier molecular flexibility index (Phi) is 6.56. The van der Waals surface area contributed by atoms with E-state index in [0.29, 0.717) is 6.42 Å². The maximum atomic E-state index is 12.0. The van der Waals surface area contributed by atoms with Crippen molar-refractivity contribution in [3.63, 3.8) is 0 Å². The second-order valence-corrected chi connectivity index (χ2v) is 5.84. The van der Waals surface area contributed by atoms with Gasteiger partial charge in [0, 0.05) is 11.9 Å². The average Bonchev–Trinajstić information content (AvgIpc) is 2.41. The van der Waals surface area contributed by atoms with Gasteiger partial charge in [0.1, 0.15) is 0 Å². The van der Waals surface area contributed by atoms with Crippen LogP contribution in [-0.2, 0) is 11.2 Å². The minimum atomic E-state index is 0.109. The smallest absolute Gasteiger partial charge is 0.224 e. The molecule has 0 fully saturated rings. The number of carbonyl (C=O) groups excluding carboxylic acids is 1. The first-order valence-electron chi connectivity index (χ1n) is 6.93. The molecule has 106 valence electrons. The molecule has 0 saturated carbocycles. The van der Waals surface area contributed by atoms with E-state index < -0.39 is 0 Å². The quantitative estimate of drug-likeness (QED) is 0.758. The van der Waals surface area contributed by atoms with E-state index >= 15 is 0 Å². The molecule has 3 heteroatoms. The van der Waals surface area contributed by atoms with E-state index in [4.69, 9.17) is 0 Å². The maximum absolute atomic E-state index is 12.0. The topological polar surface area (TPSA) is 29.1 Å². The van der Waals surface area contributed by atoms with Crippen LogP contribution in [0.5, 0.6) is 0 Å². The highest BCUT2D eigenvalue weighted by molar-refractivity contribution is 9.09. The number of aryl methyl sites for hydroxylation is 1. The lowest BCUT2D eigenvalue weighted by molar-refractivity contribution is -0.120. The summed E-state index contributed by atoms with van der Waals surface area (Å²) < 4.78 is 0. The van der Waals surface area contributed by atoms with Crippen molar-refractivity contribution in [3.05, 3.63) is 35.4 Å². The zero-order valence-corrected chi connectivity index (χ0v) is 13.7. The molecule has 1 amide bonds. The largest absolute Gasteiger partial charge is 0.355 e. The number of hydrogen-bond acceptors (Lipinski definition) is 1. The predicted molar refractivity (Wildman–Crippen MR) is 84.7 cm³/mol. The lowest BCUT2D eigenvalue weighted by Gasteiger charge is -2.29. The third kappa shape index (κ3) is 4.98. The second-order valence-electron chi connectivity index (χ2n) is 5.28. The van der Waals surface area contributed by atoms with Gasteiger partial charge in [-0.25, -0.2) is 0 Å². The Morgan fingerprint density at radius 3 is 2.53 bits per heavy atom. The lowest BCUT2D eigenvalue weighted by Crippen LogP contribution is -2.38. The van der Waals surface area contributed by atoms with Gasteiger partial charge in [-0.1, -0.05) is 59.6 Å². The van der Waals surface area contributed by atoms with Crippen LogP contribution in [-0.4, -0.2) is 17.8 Å². The molecular weight excluding hydrogens is 302 g/mol. The van der Waals surface area contributed by atoms with Crippen LogP contribution in [0, 0.1) is 12.3 Å². The molecule has 1 N–H and O–H groups in total. The van der Waals surface area contributed by atoms with Crippen LogP contribution in [0.1, 0.15) is 37.8 Å². The van der Waals surface area contributed by atoms with Crippen molar-refractivity contribution in [1.82, 2.24) is 5.32 Å². The average molecular weight is 326 g/mol. The second kappa shape index (κ2) is 7.68. The fourth-order valence-corrected chi connectivity index (χ4v) is 3.08. The van der Waals surface area contributed by atoms with E-state index in [0.717, 1.165) is 30.3 Å². The van der Waals surface area contributed by atoms with Crippen molar-refractivity contribution >= 4 is 21.8 Å². The lowest BCUT2D eigenvalue weighted by atomic mass is 9.84. The Hall–Kier alpha value is -0.830. The van der Waals surface area contributed by atoms with Gasteiger partial charge >= 0.3 is 0 Å². The SMILES string of the molecule is CCC(CC)(CBr)CNC(=O)Cc1cccc(C)c1. The number of halogens is 1. The summed E-state index contributed by atoms with van der Waals surface area (Å²) in [6.07, 6.45) is 2.60. The van der Waals surface area contributed by atoms with E-state index in [1.165, 1.54) is 5.56 Å². The summed E-state index contributed by atoms with van der Waals surface area (Å²) >= 11 is 3.57. The van der Waals surface area contributed by atoms with Crippen LogP contribution >= 0.6 is 15.9 Å². The summed E-state index contributed by atoms with van der Waals surface area (Å²) in [5.41, 5.74) is 2.46. The van der Waals surface area contributed by atoms with Crippen molar-refractivity contribution in [2.45, 2.75) is 40.0 Å². The highest BCUT2D eigenvalue weighted by Gasteiger charge is 2.25. The number of amides is 1. The molecule has 1 rings (SSSR count). The number of hydrogen-bond donors (Lipinski definition) is 1. The van der Waals surface area contributed by atoms with Gasteiger partial charge < -0.3 is 5.32 Å². The highest BCUT2D eigenvalue weighted by Crippen LogP contribution is 2.27. The molecule has 1 aromatic rings. The Morgan fingerprint density at radius 1 is 1.32 bits per heavy atom. The number of carbonyl (C=O) groups is 1. The molecule has 0 radical (unpaired) electrons. The van der Waals surface area contributed by atoms with Crippen molar-refractivity contribution in [2.75, 3.05) is 11.9 Å². The van der Waals surface area contributed by atoms with Gasteiger partial charge in [0.2, 0.25) is 5.91 Å². The molecule has 0 spiro atoms. The van der Waals surface area contributed by atoms with Gasteiger partial charge in [-0.15, -0.1) is 0 Å². The van der Waals surface area contributed by atoms with Gasteiger partial charge in [0.15, 0.2) is 0 Å². The normalized spacial score (nSPS) is 11.4. The monoisotopic (exact) mass is 325 g/mol. The summed E-state index contributed by atoms with van der Waals surface area (Å²) in [4.78, 5) is 12.0. The van der Waals surface area contributed by atoms with Crippen LogP contribution in [0.15, 0.2) is 24.3 Å². The van der Waals surface area contributed by atoms with Gasteiger partial charge in [-0.05, 0) is 30.7 Å². The van der Waals surface area contributed by atoms with Crippen LogP contribution < -0.4 is 5.32 Å². The molecule has 2 nitrogen and oxygen atoms in total. The summed E-state index contributed by atoms with van der Waals surface area (Å²) in [6.45, 7) is 7.15. The Labute approximate surface area is 125 Å². The maximum Gasteiger partial charge on any atom is 0.224 e. The van der Waals surface area contributed by atoms with Crippen LogP contribution in [0.25, 0.3) is 0 Å². The van der Waals surface area contributed by atoms with Gasteiger partial charge in [0.25, 0.3) is 0 Å². The molecule has 0 unspecified atom stereocenters. The third-order valence-electron chi connectivity index (χ3n) is 3.89. The van der Waals surface area contributed by atoms with Gasteiger partial charge in [0.05, 0.1) is 6.42 Å². The summed E-state index contributed by atoms with van der Waals surface area (Å²) in [6, 6.07) is 8.12. The van der Waals surface area contributed by atoms with E-state index in [-0.39, 0.29) is 11.3 Å². The summed E-state index contributed by atoms with van der Waals surface area (Å²) in [7, 11) is 0. The van der Waals surface area contributed by atoms with Crippen molar-refractivity contribution in [3.8, 4) is 0 Å². The summed E-state index contributed by atoms with van der Waals surface area (Å²) in [5.74, 6) is 0.109. The third-order valence-corrected chi connectivity index (χ3v) is 5.08. The first kappa shape index (κ1) is 16.2. The Bertz CT molecular complexity index is 405. The van der Waals surface area contributed by atoms with E-state index in [1.807, 2.05) is 25.1 Å². The molecule has 0 heterocycles. The number of benzene rings is 1. The van der Waals surface area contributed by atoms with E-state index in [2.05, 4.69) is 41.2 Å². The number of alkyl halides is 1. The molecule has 0 atom stereocenters. The van der Waals surface area contributed by atoms with Crippen LogP contribution in [0.3, 0.4) is 0 Å². The Morgan fingerprint density at radius 2 is 2.00 bits per heavy atom. The zero-order chi connectivity index (χ0) is 14.3.